The highest BCUT2D eigenvalue weighted by Crippen LogP contribution is 2.15. The topological polar surface area (TPSA) is 47.6 Å². The van der Waals surface area contributed by atoms with Crippen molar-refractivity contribution in [2.45, 2.75) is 45.4 Å². The van der Waals surface area contributed by atoms with Gasteiger partial charge in [-0.2, -0.15) is 0 Å². The maximum Gasteiger partial charge on any atom is 0.407 e. The van der Waals surface area contributed by atoms with E-state index in [4.69, 9.17) is 9.47 Å². The molecular weight excluding hydrogens is 170 g/mol. The van der Waals surface area contributed by atoms with Gasteiger partial charge in [-0.3, -0.25) is 0 Å². The van der Waals surface area contributed by atoms with Crippen molar-refractivity contribution < 1.29 is 14.3 Å². The van der Waals surface area contributed by atoms with Crippen molar-refractivity contribution in [3.05, 3.63) is 0 Å². The van der Waals surface area contributed by atoms with Gasteiger partial charge in [0.1, 0.15) is 6.61 Å². The summed E-state index contributed by atoms with van der Waals surface area (Å²) in [5.41, 5.74) is -0.188. The lowest BCUT2D eigenvalue weighted by Crippen LogP contribution is -2.41. The first kappa shape index (κ1) is 10.3. The molecule has 1 unspecified atom stereocenters. The van der Waals surface area contributed by atoms with Crippen molar-refractivity contribution in [1.82, 2.24) is 5.32 Å². The molecule has 1 aliphatic heterocycles. The van der Waals surface area contributed by atoms with Gasteiger partial charge in [0, 0.05) is 0 Å². The van der Waals surface area contributed by atoms with Crippen LogP contribution in [-0.4, -0.2) is 30.4 Å². The molecule has 1 saturated heterocycles. The fourth-order valence-corrected chi connectivity index (χ4v) is 1.29. The number of carbonyl (C=O) groups excluding carboxylic acids is 1. The van der Waals surface area contributed by atoms with Gasteiger partial charge in [-0.25, -0.2) is 4.79 Å². The molecule has 4 nitrogen and oxygen atoms in total. The summed E-state index contributed by atoms with van der Waals surface area (Å²) in [6.45, 7) is 8.30. The van der Waals surface area contributed by atoms with Crippen LogP contribution in [0.15, 0.2) is 0 Å². The molecule has 76 valence electrons. The molecule has 0 spiro atoms. The molecule has 1 aliphatic rings. The van der Waals surface area contributed by atoms with Gasteiger partial charge in [-0.15, -0.1) is 0 Å². The van der Waals surface area contributed by atoms with Crippen LogP contribution < -0.4 is 5.32 Å². The lowest BCUT2D eigenvalue weighted by Gasteiger charge is -2.27. The van der Waals surface area contributed by atoms with Gasteiger partial charge in [0.2, 0.25) is 0 Å². The fourth-order valence-electron chi connectivity index (χ4n) is 1.29. The highest BCUT2D eigenvalue weighted by atomic mass is 16.6. The Bertz CT molecular complexity index is 198. The van der Waals surface area contributed by atoms with E-state index < -0.39 is 0 Å². The predicted octanol–water partition coefficient (Wildman–Crippen LogP) is 1.30. The van der Waals surface area contributed by atoms with Gasteiger partial charge in [-0.1, -0.05) is 0 Å². The van der Waals surface area contributed by atoms with Crippen LogP contribution in [0, 0.1) is 0 Å². The van der Waals surface area contributed by atoms with Crippen LogP contribution in [0.2, 0.25) is 0 Å². The maximum absolute atomic E-state index is 10.7. The molecule has 2 atom stereocenters. The van der Waals surface area contributed by atoms with E-state index in [2.05, 4.69) is 5.32 Å². The molecule has 0 radical (unpaired) electrons. The summed E-state index contributed by atoms with van der Waals surface area (Å²) in [5.74, 6) is 0. The van der Waals surface area contributed by atoms with E-state index in [-0.39, 0.29) is 23.8 Å². The molecule has 1 rings (SSSR count). The summed E-state index contributed by atoms with van der Waals surface area (Å²) in [5, 5.41) is 2.69. The second-order valence-corrected chi connectivity index (χ2v) is 4.28. The molecule has 0 aromatic rings. The lowest BCUT2D eigenvalue weighted by molar-refractivity contribution is -0.0643. The second-order valence-electron chi connectivity index (χ2n) is 4.28. The third kappa shape index (κ3) is 3.22. The monoisotopic (exact) mass is 187 g/mol. The Labute approximate surface area is 78.6 Å². The largest absolute Gasteiger partial charge is 0.447 e. The summed E-state index contributed by atoms with van der Waals surface area (Å²) in [6, 6.07) is -0.0216. The van der Waals surface area contributed by atoms with Crippen LogP contribution in [0.1, 0.15) is 27.7 Å². The zero-order valence-corrected chi connectivity index (χ0v) is 8.59. The Kier molecular flexibility index (Phi) is 2.81. The highest BCUT2D eigenvalue weighted by Gasteiger charge is 2.30. The summed E-state index contributed by atoms with van der Waals surface area (Å²) in [7, 11) is 0. The number of nitrogens with one attached hydrogen (secondary N) is 1. The van der Waals surface area contributed by atoms with Gasteiger partial charge < -0.3 is 14.8 Å². The van der Waals surface area contributed by atoms with Crippen LogP contribution in [0.3, 0.4) is 0 Å². The number of cyclic esters (lactones) is 1. The minimum atomic E-state index is -0.352. The number of rotatable bonds is 2. The van der Waals surface area contributed by atoms with Crippen molar-refractivity contribution >= 4 is 6.09 Å². The van der Waals surface area contributed by atoms with E-state index in [9.17, 15) is 4.79 Å². The molecule has 0 aromatic heterocycles. The summed E-state index contributed by atoms with van der Waals surface area (Å²) in [4.78, 5) is 10.7. The van der Waals surface area contributed by atoms with Crippen LogP contribution >= 0.6 is 0 Å². The first-order chi connectivity index (χ1) is 5.88. The van der Waals surface area contributed by atoms with E-state index in [1.807, 2.05) is 27.7 Å². The molecule has 0 aromatic carbocycles. The number of carbonyl (C=O) groups is 1. The molecule has 4 heteroatoms. The molecule has 1 amide bonds. The fraction of sp³-hybridized carbons (Fsp3) is 0.889. The van der Waals surface area contributed by atoms with Gasteiger partial charge in [-0.05, 0) is 27.7 Å². The zero-order chi connectivity index (χ0) is 10.1. The van der Waals surface area contributed by atoms with Gasteiger partial charge >= 0.3 is 6.09 Å². The minimum absolute atomic E-state index is 0.0216. The Morgan fingerprint density at radius 2 is 2.23 bits per heavy atom. The van der Waals surface area contributed by atoms with Crippen LogP contribution in [0.5, 0.6) is 0 Å². The SMILES string of the molecule is C[C@@H](OC(C)(C)C)C1COC(=O)N1. The Morgan fingerprint density at radius 1 is 1.62 bits per heavy atom. The molecule has 1 fully saturated rings. The zero-order valence-electron chi connectivity index (χ0n) is 8.59. The average molecular weight is 187 g/mol. The molecule has 0 bridgehead atoms. The summed E-state index contributed by atoms with van der Waals surface area (Å²) < 4.78 is 10.4. The number of ether oxygens (including phenoxy) is 2. The highest BCUT2D eigenvalue weighted by molar-refractivity contribution is 5.69. The molecule has 13 heavy (non-hydrogen) atoms. The third-order valence-electron chi connectivity index (χ3n) is 1.80. The lowest BCUT2D eigenvalue weighted by atomic mass is 10.1. The average Bonchev–Trinajstić information content (AvgIpc) is 2.31. The van der Waals surface area contributed by atoms with Crippen LogP contribution in [0.25, 0.3) is 0 Å². The first-order valence-electron chi connectivity index (χ1n) is 4.49. The van der Waals surface area contributed by atoms with E-state index in [0.717, 1.165) is 0 Å². The van der Waals surface area contributed by atoms with Gasteiger partial charge in [0.05, 0.1) is 17.7 Å². The van der Waals surface area contributed by atoms with E-state index in [0.29, 0.717) is 6.61 Å². The van der Waals surface area contributed by atoms with Crippen molar-refractivity contribution in [2.75, 3.05) is 6.61 Å². The van der Waals surface area contributed by atoms with Crippen LogP contribution in [-0.2, 0) is 9.47 Å². The normalized spacial score (nSPS) is 25.2. The van der Waals surface area contributed by atoms with E-state index in [1.165, 1.54) is 0 Å². The Balaban J connectivity index is 2.40. The maximum atomic E-state index is 10.7. The molecule has 1 N–H and O–H groups in total. The number of alkyl carbamates (subject to hydrolysis) is 1. The first-order valence-corrected chi connectivity index (χ1v) is 4.49. The summed E-state index contributed by atoms with van der Waals surface area (Å²) >= 11 is 0. The van der Waals surface area contributed by atoms with Crippen molar-refractivity contribution in [1.29, 1.82) is 0 Å². The van der Waals surface area contributed by atoms with Crippen molar-refractivity contribution in [3.8, 4) is 0 Å². The van der Waals surface area contributed by atoms with Gasteiger partial charge in [0.15, 0.2) is 0 Å². The minimum Gasteiger partial charge on any atom is -0.447 e. The van der Waals surface area contributed by atoms with Gasteiger partial charge in [0.25, 0.3) is 0 Å². The van der Waals surface area contributed by atoms with E-state index in [1.54, 1.807) is 0 Å². The Morgan fingerprint density at radius 3 is 2.62 bits per heavy atom. The number of amides is 1. The standard InChI is InChI=1S/C9H17NO3/c1-6(13-9(2,3)4)7-5-12-8(11)10-7/h6-7H,5H2,1-4H3,(H,10,11)/t6-,7?/m1/s1. The Hall–Kier alpha value is -0.770. The predicted molar refractivity (Wildman–Crippen MR) is 48.6 cm³/mol. The van der Waals surface area contributed by atoms with E-state index >= 15 is 0 Å². The second kappa shape index (κ2) is 3.54. The molecule has 0 saturated carbocycles. The molecule has 1 heterocycles. The smallest absolute Gasteiger partial charge is 0.407 e. The number of hydrogen-bond donors (Lipinski definition) is 1. The molecular formula is C9H17NO3. The van der Waals surface area contributed by atoms with Crippen molar-refractivity contribution in [3.63, 3.8) is 0 Å². The molecule has 0 aliphatic carbocycles. The summed E-state index contributed by atoms with van der Waals surface area (Å²) in [6.07, 6.45) is -0.374. The quantitative estimate of drug-likeness (QED) is 0.708. The third-order valence-corrected chi connectivity index (χ3v) is 1.80. The van der Waals surface area contributed by atoms with Crippen LogP contribution in [0.4, 0.5) is 4.79 Å². The number of hydrogen-bond acceptors (Lipinski definition) is 3. The van der Waals surface area contributed by atoms with Crippen molar-refractivity contribution in [2.24, 2.45) is 0 Å².